The first-order chi connectivity index (χ1) is 11.7. The van der Waals surface area contributed by atoms with Crippen molar-refractivity contribution in [3.63, 3.8) is 0 Å². The summed E-state index contributed by atoms with van der Waals surface area (Å²) in [6.45, 7) is 8.00. The Kier molecular flexibility index (Phi) is 4.30. The van der Waals surface area contributed by atoms with Gasteiger partial charge in [-0.3, -0.25) is 10.1 Å². The van der Waals surface area contributed by atoms with Crippen LogP contribution < -0.4 is 10.2 Å². The highest BCUT2D eigenvalue weighted by Crippen LogP contribution is 2.36. The molecule has 7 heteroatoms. The fourth-order valence-electron chi connectivity index (χ4n) is 2.49. The fraction of sp³-hybridized carbons (Fsp3) is 0.333. The topological polar surface area (TPSA) is 70.8 Å². The van der Waals surface area contributed by atoms with Crippen molar-refractivity contribution in [3.05, 3.63) is 58.6 Å². The Hall–Kier alpha value is -2.38. The minimum absolute atomic E-state index is 0.0717. The van der Waals surface area contributed by atoms with Gasteiger partial charge in [0, 0.05) is 6.07 Å². The molecule has 1 aliphatic heterocycles. The molecular formula is C18H20BNO5. The first kappa shape index (κ1) is 17.4. The summed E-state index contributed by atoms with van der Waals surface area (Å²) in [4.78, 5) is 10.6. The van der Waals surface area contributed by atoms with E-state index < -0.39 is 23.2 Å². The highest BCUT2D eigenvalue weighted by molar-refractivity contribution is 6.62. The lowest BCUT2D eigenvalue weighted by Crippen LogP contribution is -2.41. The summed E-state index contributed by atoms with van der Waals surface area (Å²) >= 11 is 0. The number of nitrogens with zero attached hydrogens (tertiary/aromatic N) is 1. The highest BCUT2D eigenvalue weighted by atomic mass is 16.7. The third-order valence-electron chi connectivity index (χ3n) is 4.70. The number of benzene rings is 2. The van der Waals surface area contributed by atoms with Crippen molar-refractivity contribution < 1.29 is 19.0 Å². The van der Waals surface area contributed by atoms with Crippen LogP contribution in [0.1, 0.15) is 27.7 Å². The van der Waals surface area contributed by atoms with Crippen LogP contribution in [0.15, 0.2) is 48.5 Å². The largest absolute Gasteiger partial charge is 0.494 e. The summed E-state index contributed by atoms with van der Waals surface area (Å²) in [5.74, 6) is 0.713. The molecule has 2 aromatic rings. The van der Waals surface area contributed by atoms with Crippen molar-refractivity contribution in [1.82, 2.24) is 0 Å². The molecule has 0 unspecified atom stereocenters. The number of rotatable bonds is 4. The Morgan fingerprint density at radius 3 is 2.08 bits per heavy atom. The fourth-order valence-corrected chi connectivity index (χ4v) is 2.49. The lowest BCUT2D eigenvalue weighted by molar-refractivity contribution is -0.385. The first-order valence-electron chi connectivity index (χ1n) is 8.06. The molecule has 2 aromatic carbocycles. The maximum absolute atomic E-state index is 11.1. The normalized spacial score (nSPS) is 18.2. The predicted octanol–water partition coefficient (Wildman–Crippen LogP) is 3.69. The standard InChI is InChI=1S/C18H20BNO5/c1-17(2)18(3,4)25-19(24-17)13-9-11-14(12-10-13)23-16-8-6-5-7-15(16)20(21)22/h5-12H,1-4H3. The predicted molar refractivity (Wildman–Crippen MR) is 95.3 cm³/mol. The summed E-state index contributed by atoms with van der Waals surface area (Å²) < 4.78 is 17.7. The smallest absolute Gasteiger partial charge is 0.450 e. The molecule has 130 valence electrons. The molecule has 1 heterocycles. The zero-order valence-corrected chi connectivity index (χ0v) is 14.7. The summed E-state index contributed by atoms with van der Waals surface area (Å²) in [7, 11) is -0.454. The van der Waals surface area contributed by atoms with Crippen LogP contribution in [0.25, 0.3) is 0 Å². The number of ether oxygens (including phenoxy) is 1. The average Bonchev–Trinajstić information content (AvgIpc) is 2.76. The van der Waals surface area contributed by atoms with E-state index in [1.54, 1.807) is 30.3 Å². The molecule has 1 saturated heterocycles. The van der Waals surface area contributed by atoms with Gasteiger partial charge in [0.25, 0.3) is 0 Å². The van der Waals surface area contributed by atoms with E-state index in [0.29, 0.717) is 5.75 Å². The Labute approximate surface area is 147 Å². The van der Waals surface area contributed by atoms with Crippen LogP contribution >= 0.6 is 0 Å². The van der Waals surface area contributed by atoms with E-state index in [9.17, 15) is 10.1 Å². The van der Waals surface area contributed by atoms with Gasteiger partial charge in [-0.25, -0.2) is 0 Å². The van der Waals surface area contributed by atoms with E-state index in [-0.39, 0.29) is 11.4 Å². The van der Waals surface area contributed by atoms with Crippen molar-refractivity contribution >= 4 is 18.3 Å². The van der Waals surface area contributed by atoms with Crippen molar-refractivity contribution in [3.8, 4) is 11.5 Å². The summed E-state index contributed by atoms with van der Waals surface area (Å²) in [5.41, 5.74) is -0.0132. The van der Waals surface area contributed by atoms with Crippen molar-refractivity contribution in [2.45, 2.75) is 38.9 Å². The maximum Gasteiger partial charge on any atom is 0.494 e. The van der Waals surface area contributed by atoms with Crippen LogP contribution in [0.2, 0.25) is 0 Å². The average molecular weight is 341 g/mol. The number of para-hydroxylation sites is 2. The van der Waals surface area contributed by atoms with Gasteiger partial charge in [0.05, 0.1) is 16.1 Å². The Balaban J connectivity index is 1.77. The molecule has 6 nitrogen and oxygen atoms in total. The van der Waals surface area contributed by atoms with Crippen LogP contribution in [0.4, 0.5) is 5.69 Å². The van der Waals surface area contributed by atoms with Gasteiger partial charge >= 0.3 is 12.8 Å². The molecule has 0 atom stereocenters. The molecule has 0 saturated carbocycles. The maximum atomic E-state index is 11.1. The van der Waals surface area contributed by atoms with Crippen LogP contribution in [0.3, 0.4) is 0 Å². The third-order valence-corrected chi connectivity index (χ3v) is 4.70. The molecule has 0 spiro atoms. The Bertz CT molecular complexity index is 772. The molecule has 3 rings (SSSR count). The molecular weight excluding hydrogens is 321 g/mol. The SMILES string of the molecule is CC1(C)OB(c2ccc(Oc3ccccc3[N+](=O)[O-])cc2)OC1(C)C. The van der Waals surface area contributed by atoms with Gasteiger partial charge in [0.2, 0.25) is 5.75 Å². The molecule has 0 amide bonds. The molecule has 0 aromatic heterocycles. The van der Waals surface area contributed by atoms with E-state index in [2.05, 4.69) is 0 Å². The second-order valence-electron chi connectivity index (χ2n) is 6.98. The van der Waals surface area contributed by atoms with Gasteiger partial charge in [0.1, 0.15) is 5.75 Å². The number of nitro groups is 1. The van der Waals surface area contributed by atoms with E-state index in [1.165, 1.54) is 6.07 Å². The zero-order valence-electron chi connectivity index (χ0n) is 14.7. The molecule has 25 heavy (non-hydrogen) atoms. The second kappa shape index (κ2) is 6.17. The Morgan fingerprint density at radius 2 is 1.52 bits per heavy atom. The summed E-state index contributed by atoms with van der Waals surface area (Å²) in [6, 6.07) is 13.5. The van der Waals surface area contributed by atoms with E-state index >= 15 is 0 Å². The second-order valence-corrected chi connectivity index (χ2v) is 6.98. The van der Waals surface area contributed by atoms with Crippen LogP contribution in [0.5, 0.6) is 11.5 Å². The van der Waals surface area contributed by atoms with Gasteiger partial charge < -0.3 is 14.0 Å². The van der Waals surface area contributed by atoms with Crippen molar-refractivity contribution in [2.24, 2.45) is 0 Å². The van der Waals surface area contributed by atoms with Crippen LogP contribution in [-0.4, -0.2) is 23.2 Å². The summed E-state index contributed by atoms with van der Waals surface area (Å²) in [6.07, 6.45) is 0. The number of nitro benzene ring substituents is 1. The van der Waals surface area contributed by atoms with E-state index in [1.807, 2.05) is 39.8 Å². The van der Waals surface area contributed by atoms with Gasteiger partial charge in [0.15, 0.2) is 0 Å². The molecule has 0 bridgehead atoms. The van der Waals surface area contributed by atoms with Crippen LogP contribution in [-0.2, 0) is 9.31 Å². The quantitative estimate of drug-likeness (QED) is 0.482. The van der Waals surface area contributed by atoms with Crippen molar-refractivity contribution in [1.29, 1.82) is 0 Å². The van der Waals surface area contributed by atoms with Gasteiger partial charge in [-0.2, -0.15) is 0 Å². The highest BCUT2D eigenvalue weighted by Gasteiger charge is 2.51. The van der Waals surface area contributed by atoms with Gasteiger partial charge in [-0.05, 0) is 51.4 Å². The van der Waals surface area contributed by atoms with Gasteiger partial charge in [-0.15, -0.1) is 0 Å². The molecule has 0 radical (unpaired) electrons. The monoisotopic (exact) mass is 341 g/mol. The lowest BCUT2D eigenvalue weighted by atomic mass is 9.79. The van der Waals surface area contributed by atoms with Crippen LogP contribution in [0, 0.1) is 10.1 Å². The minimum Gasteiger partial charge on any atom is -0.450 e. The number of hydrogen-bond donors (Lipinski definition) is 0. The van der Waals surface area contributed by atoms with E-state index in [0.717, 1.165) is 5.46 Å². The summed E-state index contributed by atoms with van der Waals surface area (Å²) in [5, 5.41) is 11.1. The molecule has 1 aliphatic rings. The van der Waals surface area contributed by atoms with Gasteiger partial charge in [-0.1, -0.05) is 24.3 Å². The first-order valence-corrected chi connectivity index (χ1v) is 8.06. The zero-order chi connectivity index (χ0) is 18.2. The molecule has 0 aliphatic carbocycles. The molecule has 0 N–H and O–H groups in total. The van der Waals surface area contributed by atoms with Crippen molar-refractivity contribution in [2.75, 3.05) is 0 Å². The minimum atomic E-state index is -0.464. The lowest BCUT2D eigenvalue weighted by Gasteiger charge is -2.32. The van der Waals surface area contributed by atoms with E-state index in [4.69, 9.17) is 14.0 Å². The number of hydrogen-bond acceptors (Lipinski definition) is 5. The Morgan fingerprint density at radius 1 is 0.960 bits per heavy atom. The third kappa shape index (κ3) is 3.38. The molecule has 1 fully saturated rings.